The summed E-state index contributed by atoms with van der Waals surface area (Å²) in [6.45, 7) is 5.58. The molecule has 4 heterocycles. The van der Waals surface area contributed by atoms with Gasteiger partial charge in [0.1, 0.15) is 5.82 Å². The van der Waals surface area contributed by atoms with E-state index in [4.69, 9.17) is 9.72 Å². The Morgan fingerprint density at radius 2 is 1.78 bits per heavy atom. The number of hydrogen-bond acceptors (Lipinski definition) is 8. The average molecular weight is 516 g/mol. The van der Waals surface area contributed by atoms with Crippen LogP contribution >= 0.6 is 0 Å². The van der Waals surface area contributed by atoms with Crippen LogP contribution in [0.4, 0.5) is 19.0 Å². The minimum absolute atomic E-state index is 0.174. The number of pyridine rings is 1. The van der Waals surface area contributed by atoms with Crippen LogP contribution in [0.25, 0.3) is 10.9 Å². The Hall–Kier alpha value is -3.35. The summed E-state index contributed by atoms with van der Waals surface area (Å²) in [5.41, 5.74) is 1.73. The van der Waals surface area contributed by atoms with Gasteiger partial charge in [-0.3, -0.25) is 9.69 Å². The second kappa shape index (κ2) is 11.0. The fourth-order valence-electron chi connectivity index (χ4n) is 4.69. The number of nitrogens with zero attached hydrogens (tertiary/aromatic N) is 5. The van der Waals surface area contributed by atoms with Crippen molar-refractivity contribution in [1.29, 1.82) is 0 Å². The topological polar surface area (TPSA) is 95.5 Å². The Labute approximate surface area is 212 Å². The quantitative estimate of drug-likeness (QED) is 0.516. The van der Waals surface area contributed by atoms with Gasteiger partial charge in [0.2, 0.25) is 5.82 Å². The van der Waals surface area contributed by atoms with E-state index >= 15 is 0 Å². The van der Waals surface area contributed by atoms with Crippen molar-refractivity contribution in [3.63, 3.8) is 0 Å². The van der Waals surface area contributed by atoms with Crippen LogP contribution in [0.2, 0.25) is 0 Å². The fraction of sp³-hybridized carbons (Fsp3) is 0.440. The number of morpholine rings is 1. The summed E-state index contributed by atoms with van der Waals surface area (Å²) in [5.74, 6) is -0.725. The first-order valence-electron chi connectivity index (χ1n) is 12.2. The third kappa shape index (κ3) is 5.81. The number of aromatic nitrogens is 3. The molecule has 37 heavy (non-hydrogen) atoms. The summed E-state index contributed by atoms with van der Waals surface area (Å²) in [5, 5.41) is 7.06. The maximum Gasteiger partial charge on any atom is 0.451 e. The van der Waals surface area contributed by atoms with Gasteiger partial charge >= 0.3 is 6.18 Å². The highest BCUT2D eigenvalue weighted by Crippen LogP contribution is 2.28. The number of carbonyl (C=O) groups is 1. The van der Waals surface area contributed by atoms with E-state index in [9.17, 15) is 18.0 Å². The highest BCUT2D eigenvalue weighted by atomic mass is 19.4. The normalized spacial score (nSPS) is 18.1. The second-order valence-corrected chi connectivity index (χ2v) is 8.99. The molecule has 3 aromatic rings. The third-order valence-corrected chi connectivity index (χ3v) is 6.64. The van der Waals surface area contributed by atoms with Gasteiger partial charge in [-0.15, -0.1) is 0 Å². The van der Waals surface area contributed by atoms with E-state index in [0.717, 1.165) is 42.9 Å². The molecule has 2 aliphatic heterocycles. The lowest BCUT2D eigenvalue weighted by Gasteiger charge is -2.34. The van der Waals surface area contributed by atoms with Crippen molar-refractivity contribution in [3.8, 4) is 0 Å². The Balaban J connectivity index is 1.40. The van der Waals surface area contributed by atoms with Crippen molar-refractivity contribution in [1.82, 2.24) is 30.5 Å². The summed E-state index contributed by atoms with van der Waals surface area (Å²) >= 11 is 0. The maximum absolute atomic E-state index is 13.5. The number of piperazine rings is 1. The van der Waals surface area contributed by atoms with Crippen LogP contribution in [0.15, 0.2) is 42.7 Å². The highest BCUT2D eigenvalue weighted by Gasteiger charge is 2.35. The van der Waals surface area contributed by atoms with Crippen molar-refractivity contribution >= 4 is 22.6 Å². The molecule has 2 fully saturated rings. The Bertz CT molecular complexity index is 1230. The molecule has 0 spiro atoms. The molecule has 5 rings (SSSR count). The number of anilines is 1. The molecule has 0 saturated carbocycles. The van der Waals surface area contributed by atoms with Gasteiger partial charge in [0.15, 0.2) is 0 Å². The Morgan fingerprint density at radius 1 is 1.08 bits per heavy atom. The van der Waals surface area contributed by atoms with Gasteiger partial charge < -0.3 is 20.3 Å². The van der Waals surface area contributed by atoms with Gasteiger partial charge in [-0.05, 0) is 12.1 Å². The molecule has 196 valence electrons. The van der Waals surface area contributed by atoms with Crippen LogP contribution < -0.4 is 15.5 Å². The zero-order valence-corrected chi connectivity index (χ0v) is 20.2. The number of fused-ring (bicyclic) bond motifs is 1. The van der Waals surface area contributed by atoms with Crippen molar-refractivity contribution in [2.75, 3.05) is 63.9 Å². The SMILES string of the molecule is O=C(NCC(c1cnc(C(F)(F)F)nc1)N1CCOCC1)c1cc(N2CCNCC2)nc2ccccc12. The lowest BCUT2D eigenvalue weighted by Crippen LogP contribution is -2.44. The van der Waals surface area contributed by atoms with Gasteiger partial charge in [0.25, 0.3) is 5.91 Å². The number of para-hydroxylation sites is 1. The number of rotatable bonds is 6. The van der Waals surface area contributed by atoms with E-state index in [1.807, 2.05) is 30.3 Å². The molecule has 2 saturated heterocycles. The summed E-state index contributed by atoms with van der Waals surface area (Å²) < 4.78 is 44.4. The average Bonchev–Trinajstić information content (AvgIpc) is 2.93. The van der Waals surface area contributed by atoms with Crippen LogP contribution in [-0.4, -0.2) is 84.8 Å². The van der Waals surface area contributed by atoms with Crippen LogP contribution in [0.3, 0.4) is 0 Å². The standard InChI is InChI=1S/C25H28F3N7O2/c26-25(27,28)24-31-14-17(15-32-24)21(34-9-11-37-12-10-34)16-30-23(36)19-13-22(35-7-5-29-6-8-35)33-20-4-2-1-3-18(19)20/h1-4,13-15,21,29H,5-12,16H2,(H,30,36). The molecule has 2 aliphatic rings. The van der Waals surface area contributed by atoms with E-state index in [2.05, 4.69) is 30.4 Å². The minimum atomic E-state index is -4.62. The van der Waals surface area contributed by atoms with E-state index < -0.39 is 18.0 Å². The monoisotopic (exact) mass is 515 g/mol. The fourth-order valence-corrected chi connectivity index (χ4v) is 4.69. The molecule has 2 N–H and O–H groups in total. The van der Waals surface area contributed by atoms with Gasteiger partial charge in [0.05, 0.1) is 30.3 Å². The molecule has 0 aliphatic carbocycles. The number of ether oxygens (including phenoxy) is 1. The van der Waals surface area contributed by atoms with Crippen LogP contribution in [0.5, 0.6) is 0 Å². The summed E-state index contributed by atoms with van der Waals surface area (Å²) in [6, 6.07) is 8.90. The van der Waals surface area contributed by atoms with E-state index in [-0.39, 0.29) is 12.5 Å². The first-order chi connectivity index (χ1) is 17.9. The largest absolute Gasteiger partial charge is 0.451 e. The summed E-state index contributed by atoms with van der Waals surface area (Å²) in [7, 11) is 0. The number of amides is 1. The summed E-state index contributed by atoms with van der Waals surface area (Å²) in [6.07, 6.45) is -2.25. The van der Waals surface area contributed by atoms with Crippen molar-refractivity contribution in [3.05, 3.63) is 59.7 Å². The number of benzene rings is 1. The lowest BCUT2D eigenvalue weighted by molar-refractivity contribution is -0.145. The number of alkyl halides is 3. The van der Waals surface area contributed by atoms with E-state index in [1.54, 1.807) is 0 Å². The first kappa shape index (κ1) is 25.3. The third-order valence-electron chi connectivity index (χ3n) is 6.64. The number of halogens is 3. The molecule has 12 heteroatoms. The zero-order chi connectivity index (χ0) is 25.8. The molecule has 1 unspecified atom stereocenters. The van der Waals surface area contributed by atoms with E-state index in [1.165, 1.54) is 12.4 Å². The first-order valence-corrected chi connectivity index (χ1v) is 12.2. The van der Waals surface area contributed by atoms with Crippen LogP contribution in [0, 0.1) is 0 Å². The molecule has 0 bridgehead atoms. The molecular weight excluding hydrogens is 487 g/mol. The smallest absolute Gasteiger partial charge is 0.379 e. The lowest BCUT2D eigenvalue weighted by atomic mass is 10.1. The molecule has 0 radical (unpaired) electrons. The highest BCUT2D eigenvalue weighted by molar-refractivity contribution is 6.07. The molecular formula is C25H28F3N7O2. The van der Waals surface area contributed by atoms with Gasteiger partial charge in [-0.2, -0.15) is 13.2 Å². The van der Waals surface area contributed by atoms with Crippen molar-refractivity contribution < 1.29 is 22.7 Å². The second-order valence-electron chi connectivity index (χ2n) is 8.99. The molecule has 1 atom stereocenters. The molecule has 9 nitrogen and oxygen atoms in total. The molecule has 1 aromatic carbocycles. The Morgan fingerprint density at radius 3 is 2.49 bits per heavy atom. The van der Waals surface area contributed by atoms with Gasteiger partial charge in [-0.1, -0.05) is 18.2 Å². The van der Waals surface area contributed by atoms with Crippen molar-refractivity contribution in [2.24, 2.45) is 0 Å². The predicted molar refractivity (Wildman–Crippen MR) is 131 cm³/mol. The maximum atomic E-state index is 13.5. The van der Waals surface area contributed by atoms with Crippen molar-refractivity contribution in [2.45, 2.75) is 12.2 Å². The number of nitrogens with one attached hydrogen (secondary N) is 2. The van der Waals surface area contributed by atoms with Gasteiger partial charge in [0, 0.05) is 69.2 Å². The van der Waals surface area contributed by atoms with Crippen LogP contribution in [-0.2, 0) is 10.9 Å². The summed E-state index contributed by atoms with van der Waals surface area (Å²) in [4.78, 5) is 29.5. The zero-order valence-electron chi connectivity index (χ0n) is 20.2. The van der Waals surface area contributed by atoms with E-state index in [0.29, 0.717) is 37.4 Å². The Kier molecular flexibility index (Phi) is 7.49. The molecule has 1 amide bonds. The molecule has 2 aromatic heterocycles. The minimum Gasteiger partial charge on any atom is -0.379 e. The number of hydrogen-bond donors (Lipinski definition) is 2. The van der Waals surface area contributed by atoms with Crippen LogP contribution in [0.1, 0.15) is 27.8 Å². The van der Waals surface area contributed by atoms with Gasteiger partial charge in [-0.25, -0.2) is 15.0 Å². The number of carbonyl (C=O) groups excluding carboxylic acids is 1. The predicted octanol–water partition coefficient (Wildman–Crippen LogP) is 2.26.